The first kappa shape index (κ1) is 9.97. The van der Waals surface area contributed by atoms with Gasteiger partial charge in [0.2, 0.25) is 0 Å². The number of hydrogen-bond acceptors (Lipinski definition) is 2. The zero-order valence-electron chi connectivity index (χ0n) is 7.05. The molecule has 0 aromatic carbocycles. The summed E-state index contributed by atoms with van der Waals surface area (Å²) in [7, 11) is 3.90. The van der Waals surface area contributed by atoms with E-state index in [4.69, 9.17) is 0 Å². The quantitative estimate of drug-likeness (QED) is 0.603. The van der Waals surface area contributed by atoms with Gasteiger partial charge in [0.05, 0.1) is 0 Å². The van der Waals surface area contributed by atoms with E-state index in [0.717, 1.165) is 6.54 Å². The third-order valence-corrected chi connectivity index (χ3v) is 1.08. The highest BCUT2D eigenvalue weighted by Crippen LogP contribution is 1.70. The van der Waals surface area contributed by atoms with E-state index in [2.05, 4.69) is 17.2 Å². The number of carbonyl (C=O) groups is 1. The van der Waals surface area contributed by atoms with Crippen molar-refractivity contribution < 1.29 is 4.79 Å². The molecule has 0 fully saturated rings. The highest BCUT2D eigenvalue weighted by molar-refractivity contribution is 5.74. The maximum absolute atomic E-state index is 10.7. The monoisotopic (exact) mass is 157 g/mol. The number of nitrogens with one attached hydrogen (secondary N) is 2. The molecule has 0 aliphatic heterocycles. The second-order valence-corrected chi connectivity index (χ2v) is 2.41. The van der Waals surface area contributed by atoms with Crippen molar-refractivity contribution in [1.82, 2.24) is 15.5 Å². The Bertz CT molecular complexity index is 134. The zero-order valence-corrected chi connectivity index (χ0v) is 7.05. The van der Waals surface area contributed by atoms with E-state index >= 15 is 0 Å². The van der Waals surface area contributed by atoms with Crippen molar-refractivity contribution in [2.45, 2.75) is 0 Å². The van der Waals surface area contributed by atoms with E-state index < -0.39 is 0 Å². The third kappa shape index (κ3) is 6.86. The average Bonchev–Trinajstić information content (AvgIpc) is 1.87. The van der Waals surface area contributed by atoms with Gasteiger partial charge < -0.3 is 15.5 Å². The summed E-state index contributed by atoms with van der Waals surface area (Å²) in [5.74, 6) is 0. The van der Waals surface area contributed by atoms with Gasteiger partial charge in [0, 0.05) is 13.1 Å². The lowest BCUT2D eigenvalue weighted by molar-refractivity contribution is 0.243. The van der Waals surface area contributed by atoms with E-state index in [1.54, 1.807) is 0 Å². The first-order valence-electron chi connectivity index (χ1n) is 3.47. The van der Waals surface area contributed by atoms with E-state index in [1.165, 1.54) is 6.20 Å². The van der Waals surface area contributed by atoms with Crippen LogP contribution in [0.5, 0.6) is 0 Å². The Morgan fingerprint density at radius 1 is 1.64 bits per heavy atom. The number of amides is 2. The predicted molar refractivity (Wildman–Crippen MR) is 45.3 cm³/mol. The summed E-state index contributed by atoms with van der Waals surface area (Å²) < 4.78 is 0. The van der Waals surface area contributed by atoms with E-state index in [1.807, 2.05) is 19.0 Å². The summed E-state index contributed by atoms with van der Waals surface area (Å²) in [6.07, 6.45) is 1.35. The molecular formula is C7H15N3O. The van der Waals surface area contributed by atoms with Gasteiger partial charge in [0.15, 0.2) is 0 Å². The van der Waals surface area contributed by atoms with Crippen LogP contribution in [0.1, 0.15) is 0 Å². The molecule has 64 valence electrons. The van der Waals surface area contributed by atoms with Crippen LogP contribution in [-0.2, 0) is 0 Å². The van der Waals surface area contributed by atoms with Crippen molar-refractivity contribution >= 4 is 6.03 Å². The van der Waals surface area contributed by atoms with Crippen molar-refractivity contribution in [2.24, 2.45) is 0 Å². The van der Waals surface area contributed by atoms with Crippen LogP contribution >= 0.6 is 0 Å². The highest BCUT2D eigenvalue weighted by atomic mass is 16.2. The second kappa shape index (κ2) is 5.73. The lowest BCUT2D eigenvalue weighted by Crippen LogP contribution is -2.36. The molecule has 0 aromatic heterocycles. The number of likely N-dealkylation sites (N-methyl/N-ethyl adjacent to an activating group) is 1. The fourth-order valence-electron chi connectivity index (χ4n) is 0.537. The molecule has 0 radical (unpaired) electrons. The van der Waals surface area contributed by atoms with Gasteiger partial charge >= 0.3 is 6.03 Å². The highest BCUT2D eigenvalue weighted by Gasteiger charge is 1.94. The molecule has 0 aliphatic rings. The Kier molecular flexibility index (Phi) is 5.20. The van der Waals surface area contributed by atoms with Gasteiger partial charge in [-0.3, -0.25) is 0 Å². The van der Waals surface area contributed by atoms with Crippen LogP contribution in [-0.4, -0.2) is 38.1 Å². The molecule has 0 atom stereocenters. The molecule has 0 bridgehead atoms. The number of nitrogens with zero attached hydrogens (tertiary/aromatic N) is 1. The Balaban J connectivity index is 3.24. The van der Waals surface area contributed by atoms with Gasteiger partial charge in [0.25, 0.3) is 0 Å². The molecule has 0 unspecified atom stereocenters. The molecule has 0 spiro atoms. The normalized spacial score (nSPS) is 9.36. The number of carbonyl (C=O) groups excluding carboxylic acids is 1. The van der Waals surface area contributed by atoms with Crippen molar-refractivity contribution in [3.8, 4) is 0 Å². The number of urea groups is 1. The van der Waals surface area contributed by atoms with Crippen molar-refractivity contribution in [2.75, 3.05) is 27.2 Å². The van der Waals surface area contributed by atoms with Crippen LogP contribution < -0.4 is 10.6 Å². The third-order valence-electron chi connectivity index (χ3n) is 1.08. The summed E-state index contributed by atoms with van der Waals surface area (Å²) in [6, 6.07) is -0.207. The van der Waals surface area contributed by atoms with Gasteiger partial charge in [0.1, 0.15) is 0 Å². The SMILES string of the molecule is C=CNC(=O)NCCN(C)C. The molecular weight excluding hydrogens is 142 g/mol. The molecule has 0 aliphatic carbocycles. The predicted octanol–water partition coefficient (Wildman–Crippen LogP) is -0.00930. The summed E-state index contributed by atoms with van der Waals surface area (Å²) in [5.41, 5.74) is 0. The molecule has 2 N–H and O–H groups in total. The molecule has 0 rings (SSSR count). The standard InChI is InChI=1S/C7H15N3O/c1-4-8-7(11)9-5-6-10(2)3/h4H,1,5-6H2,2-3H3,(H2,8,9,11). The van der Waals surface area contributed by atoms with Crippen molar-refractivity contribution in [1.29, 1.82) is 0 Å². The van der Waals surface area contributed by atoms with Crippen molar-refractivity contribution in [3.05, 3.63) is 12.8 Å². The Morgan fingerprint density at radius 3 is 2.73 bits per heavy atom. The van der Waals surface area contributed by atoms with Crippen LogP contribution in [0.4, 0.5) is 4.79 Å². The van der Waals surface area contributed by atoms with Gasteiger partial charge in [-0.25, -0.2) is 4.79 Å². The fraction of sp³-hybridized carbons (Fsp3) is 0.571. The van der Waals surface area contributed by atoms with Crippen molar-refractivity contribution in [3.63, 3.8) is 0 Å². The minimum absolute atomic E-state index is 0.207. The molecule has 11 heavy (non-hydrogen) atoms. The Labute approximate surface area is 67.3 Å². The minimum atomic E-state index is -0.207. The van der Waals surface area contributed by atoms with Crippen LogP contribution in [0.25, 0.3) is 0 Å². The number of hydrogen-bond donors (Lipinski definition) is 2. The first-order valence-corrected chi connectivity index (χ1v) is 3.47. The average molecular weight is 157 g/mol. The number of rotatable bonds is 4. The largest absolute Gasteiger partial charge is 0.337 e. The fourth-order valence-corrected chi connectivity index (χ4v) is 0.537. The second-order valence-electron chi connectivity index (χ2n) is 2.41. The van der Waals surface area contributed by atoms with Gasteiger partial charge in [-0.1, -0.05) is 6.58 Å². The molecule has 0 saturated carbocycles. The van der Waals surface area contributed by atoms with Crippen LogP contribution in [0.2, 0.25) is 0 Å². The Morgan fingerprint density at radius 2 is 2.27 bits per heavy atom. The summed E-state index contributed by atoms with van der Waals surface area (Å²) in [5, 5.41) is 5.07. The molecule has 0 saturated heterocycles. The summed E-state index contributed by atoms with van der Waals surface area (Å²) in [4.78, 5) is 12.7. The zero-order chi connectivity index (χ0) is 8.69. The van der Waals surface area contributed by atoms with E-state index in [9.17, 15) is 4.79 Å². The van der Waals surface area contributed by atoms with E-state index in [-0.39, 0.29) is 6.03 Å². The lowest BCUT2D eigenvalue weighted by Gasteiger charge is -2.09. The maximum atomic E-state index is 10.7. The molecule has 0 aromatic rings. The summed E-state index contributed by atoms with van der Waals surface area (Å²) in [6.45, 7) is 4.84. The lowest BCUT2D eigenvalue weighted by atomic mass is 10.6. The van der Waals surface area contributed by atoms with Crippen LogP contribution in [0, 0.1) is 0 Å². The maximum Gasteiger partial charge on any atom is 0.318 e. The smallest absolute Gasteiger partial charge is 0.318 e. The summed E-state index contributed by atoms with van der Waals surface area (Å²) >= 11 is 0. The molecule has 0 heterocycles. The topological polar surface area (TPSA) is 44.4 Å². The minimum Gasteiger partial charge on any atom is -0.337 e. The molecule has 4 nitrogen and oxygen atoms in total. The van der Waals surface area contributed by atoms with E-state index in [0.29, 0.717) is 6.54 Å². The van der Waals surface area contributed by atoms with Gasteiger partial charge in [-0.05, 0) is 20.3 Å². The van der Waals surface area contributed by atoms with Crippen LogP contribution in [0.3, 0.4) is 0 Å². The molecule has 2 amide bonds. The Hall–Kier alpha value is -1.03. The van der Waals surface area contributed by atoms with Crippen LogP contribution in [0.15, 0.2) is 12.8 Å². The van der Waals surface area contributed by atoms with Gasteiger partial charge in [-0.15, -0.1) is 0 Å². The molecule has 4 heteroatoms. The van der Waals surface area contributed by atoms with Gasteiger partial charge in [-0.2, -0.15) is 0 Å². The first-order chi connectivity index (χ1) is 5.16.